The van der Waals surface area contributed by atoms with Crippen molar-refractivity contribution in [3.63, 3.8) is 0 Å². The molecule has 174 valence electrons. The highest BCUT2D eigenvalue weighted by Crippen LogP contribution is 2.64. The van der Waals surface area contributed by atoms with Crippen molar-refractivity contribution < 1.29 is 24.2 Å². The van der Waals surface area contributed by atoms with Crippen LogP contribution in [0.5, 0.6) is 0 Å². The lowest BCUT2D eigenvalue weighted by Crippen LogP contribution is -2.55. The number of aliphatic hydroxyl groups excluding tert-OH is 1. The van der Waals surface area contributed by atoms with E-state index in [0.717, 1.165) is 5.56 Å². The van der Waals surface area contributed by atoms with Gasteiger partial charge < -0.3 is 25.4 Å². The Bertz CT molecular complexity index is 878. The highest BCUT2D eigenvalue weighted by molar-refractivity contribution is 5.99. The molecule has 0 radical (unpaired) electrons. The molecule has 2 unspecified atom stereocenters. The van der Waals surface area contributed by atoms with Crippen LogP contribution >= 0.6 is 0 Å². The van der Waals surface area contributed by atoms with Crippen LogP contribution < -0.4 is 10.6 Å². The van der Waals surface area contributed by atoms with Gasteiger partial charge in [0.25, 0.3) is 0 Å². The standard InChI is InChI=1S/C24H33N3O5/c1-3-23-11-12-24(32-23)18(17(23)20(29)25-2)22(31)27(13-7-8-14-28)19(24)21(30)26-15-16-9-5-4-6-10-16/h4-6,9-10,17-19,28H,3,7-8,11-15H2,1-2H3,(H,25,29)(H,26,30)/t17-,18+,19?,23+,24?/m1/s1. The van der Waals surface area contributed by atoms with Gasteiger partial charge in [0.1, 0.15) is 11.6 Å². The molecule has 3 aliphatic rings. The zero-order chi connectivity index (χ0) is 22.9. The van der Waals surface area contributed by atoms with Crippen LogP contribution in [0.3, 0.4) is 0 Å². The maximum atomic E-state index is 13.7. The summed E-state index contributed by atoms with van der Waals surface area (Å²) in [7, 11) is 1.58. The third kappa shape index (κ3) is 3.40. The van der Waals surface area contributed by atoms with E-state index in [-0.39, 0.29) is 24.3 Å². The Labute approximate surface area is 188 Å². The molecule has 0 aromatic heterocycles. The summed E-state index contributed by atoms with van der Waals surface area (Å²) in [5.74, 6) is -1.92. The second-order valence-electron chi connectivity index (χ2n) is 9.11. The van der Waals surface area contributed by atoms with Gasteiger partial charge in [-0.2, -0.15) is 0 Å². The van der Waals surface area contributed by atoms with E-state index in [2.05, 4.69) is 10.6 Å². The molecule has 2 bridgehead atoms. The Morgan fingerprint density at radius 1 is 1.19 bits per heavy atom. The molecular weight excluding hydrogens is 410 g/mol. The topological polar surface area (TPSA) is 108 Å². The van der Waals surface area contributed by atoms with Crippen molar-refractivity contribution >= 4 is 17.7 Å². The maximum Gasteiger partial charge on any atom is 0.246 e. The third-order valence-electron chi connectivity index (χ3n) is 7.57. The first-order valence-corrected chi connectivity index (χ1v) is 11.6. The van der Waals surface area contributed by atoms with Gasteiger partial charge in [0.2, 0.25) is 17.7 Å². The van der Waals surface area contributed by atoms with E-state index < -0.39 is 29.1 Å². The number of carbonyl (C=O) groups excluding carboxylic acids is 3. The van der Waals surface area contributed by atoms with Crippen molar-refractivity contribution in [3.05, 3.63) is 35.9 Å². The van der Waals surface area contributed by atoms with Crippen LogP contribution in [0.25, 0.3) is 0 Å². The average Bonchev–Trinajstić information content (AvgIpc) is 3.42. The van der Waals surface area contributed by atoms with Crippen LogP contribution in [-0.2, 0) is 25.7 Å². The first-order valence-electron chi connectivity index (χ1n) is 11.6. The number of rotatable bonds is 9. The Balaban J connectivity index is 1.66. The number of benzene rings is 1. The largest absolute Gasteiger partial charge is 0.396 e. The molecular formula is C24H33N3O5. The fourth-order valence-corrected chi connectivity index (χ4v) is 6.09. The first-order chi connectivity index (χ1) is 15.4. The molecule has 1 aromatic rings. The van der Waals surface area contributed by atoms with E-state index in [4.69, 9.17) is 4.74 Å². The molecule has 3 saturated heterocycles. The number of aliphatic hydroxyl groups is 1. The summed E-state index contributed by atoms with van der Waals surface area (Å²) in [5.41, 5.74) is -0.740. The summed E-state index contributed by atoms with van der Waals surface area (Å²) >= 11 is 0. The van der Waals surface area contributed by atoms with E-state index >= 15 is 0 Å². The minimum atomic E-state index is -0.996. The number of likely N-dealkylation sites (tertiary alicyclic amines) is 1. The van der Waals surface area contributed by atoms with Crippen LogP contribution in [0.4, 0.5) is 0 Å². The predicted molar refractivity (Wildman–Crippen MR) is 117 cm³/mol. The van der Waals surface area contributed by atoms with E-state index in [1.807, 2.05) is 37.3 Å². The number of fused-ring (bicyclic) bond motifs is 1. The van der Waals surface area contributed by atoms with Gasteiger partial charge in [-0.3, -0.25) is 14.4 Å². The molecule has 8 nitrogen and oxygen atoms in total. The van der Waals surface area contributed by atoms with E-state index in [1.54, 1.807) is 11.9 Å². The van der Waals surface area contributed by atoms with Crippen LogP contribution in [0, 0.1) is 11.8 Å². The minimum Gasteiger partial charge on any atom is -0.396 e. The fraction of sp³-hybridized carbons (Fsp3) is 0.625. The van der Waals surface area contributed by atoms with Gasteiger partial charge in [-0.1, -0.05) is 37.3 Å². The van der Waals surface area contributed by atoms with Crippen LogP contribution in [0.1, 0.15) is 44.6 Å². The molecule has 0 saturated carbocycles. The van der Waals surface area contributed by atoms with E-state index in [1.165, 1.54) is 0 Å². The summed E-state index contributed by atoms with van der Waals surface area (Å²) in [6.07, 6.45) is 2.96. The fourth-order valence-electron chi connectivity index (χ4n) is 6.09. The van der Waals surface area contributed by atoms with E-state index in [9.17, 15) is 19.5 Å². The number of nitrogens with one attached hydrogen (secondary N) is 2. The van der Waals surface area contributed by atoms with Crippen molar-refractivity contribution in [1.82, 2.24) is 15.5 Å². The predicted octanol–water partition coefficient (Wildman–Crippen LogP) is 0.976. The smallest absolute Gasteiger partial charge is 0.246 e. The lowest BCUT2D eigenvalue weighted by atomic mass is 9.65. The lowest BCUT2D eigenvalue weighted by Gasteiger charge is -2.33. The quantitative estimate of drug-likeness (QED) is 0.493. The number of ether oxygens (including phenoxy) is 1. The number of unbranched alkanes of at least 4 members (excludes halogenated alkanes) is 1. The zero-order valence-electron chi connectivity index (χ0n) is 18.8. The molecule has 1 spiro atoms. The van der Waals surface area contributed by atoms with Crippen molar-refractivity contribution in [2.45, 2.75) is 62.8 Å². The lowest BCUT2D eigenvalue weighted by molar-refractivity contribution is -0.147. The van der Waals surface area contributed by atoms with Crippen LogP contribution in [-0.4, -0.2) is 65.2 Å². The van der Waals surface area contributed by atoms with E-state index in [0.29, 0.717) is 45.2 Å². The Morgan fingerprint density at radius 3 is 2.59 bits per heavy atom. The number of hydrogen-bond acceptors (Lipinski definition) is 5. The number of amides is 3. The zero-order valence-corrected chi connectivity index (χ0v) is 18.8. The molecule has 8 heteroatoms. The van der Waals surface area contributed by atoms with Crippen molar-refractivity contribution in [3.8, 4) is 0 Å². The molecule has 0 aliphatic carbocycles. The minimum absolute atomic E-state index is 0.0256. The third-order valence-corrected chi connectivity index (χ3v) is 7.57. The molecule has 5 atom stereocenters. The summed E-state index contributed by atoms with van der Waals surface area (Å²) < 4.78 is 6.62. The summed E-state index contributed by atoms with van der Waals surface area (Å²) in [6.45, 7) is 2.71. The summed E-state index contributed by atoms with van der Waals surface area (Å²) in [6, 6.07) is 8.83. The van der Waals surface area contributed by atoms with Gasteiger partial charge in [-0.25, -0.2) is 0 Å². The maximum absolute atomic E-state index is 13.7. The summed E-state index contributed by atoms with van der Waals surface area (Å²) in [5, 5.41) is 14.9. The molecule has 32 heavy (non-hydrogen) atoms. The first kappa shape index (κ1) is 22.7. The van der Waals surface area contributed by atoms with Gasteiger partial charge in [-0.15, -0.1) is 0 Å². The van der Waals surface area contributed by atoms with Crippen molar-refractivity contribution in [2.24, 2.45) is 11.8 Å². The van der Waals surface area contributed by atoms with Gasteiger partial charge in [0.15, 0.2) is 0 Å². The van der Waals surface area contributed by atoms with Gasteiger partial charge >= 0.3 is 0 Å². The Kier molecular flexibility index (Phi) is 6.27. The number of carbonyl (C=O) groups is 3. The molecule has 3 heterocycles. The molecule has 3 aliphatic heterocycles. The second kappa shape index (κ2) is 8.83. The average molecular weight is 444 g/mol. The second-order valence-corrected chi connectivity index (χ2v) is 9.11. The SMILES string of the molecule is CC[C@@]12CCC3(O1)C(C(=O)NCc1ccccc1)N(CCCCO)C(=O)[C@@H]3[C@@H]2C(=O)NC. The Morgan fingerprint density at radius 2 is 1.94 bits per heavy atom. The molecule has 3 amide bonds. The van der Waals surface area contributed by atoms with Crippen LogP contribution in [0.2, 0.25) is 0 Å². The highest BCUT2D eigenvalue weighted by Gasteiger charge is 2.78. The van der Waals surface area contributed by atoms with Gasteiger partial charge in [0.05, 0.1) is 17.4 Å². The highest BCUT2D eigenvalue weighted by atomic mass is 16.5. The van der Waals surface area contributed by atoms with Crippen molar-refractivity contribution in [2.75, 3.05) is 20.2 Å². The van der Waals surface area contributed by atoms with Gasteiger partial charge in [0, 0.05) is 26.7 Å². The monoisotopic (exact) mass is 443 g/mol. The van der Waals surface area contributed by atoms with Crippen LogP contribution in [0.15, 0.2) is 30.3 Å². The molecule has 3 N–H and O–H groups in total. The Hall–Kier alpha value is -2.45. The summed E-state index contributed by atoms with van der Waals surface area (Å²) in [4.78, 5) is 41.7. The molecule has 1 aromatic carbocycles. The normalized spacial score (nSPS) is 32.8. The number of hydrogen-bond donors (Lipinski definition) is 3. The number of nitrogens with zero attached hydrogens (tertiary/aromatic N) is 1. The molecule has 4 rings (SSSR count). The van der Waals surface area contributed by atoms with Crippen molar-refractivity contribution in [1.29, 1.82) is 0 Å². The molecule has 3 fully saturated rings. The van der Waals surface area contributed by atoms with Gasteiger partial charge in [-0.05, 0) is 37.7 Å².